The van der Waals surface area contributed by atoms with Gasteiger partial charge in [-0.25, -0.2) is 0 Å². The number of nitrogens with two attached hydrogens (primary N) is 2. The molecule has 1 amide bonds. The quantitative estimate of drug-likeness (QED) is 0.709. The van der Waals surface area contributed by atoms with Gasteiger partial charge in [-0.05, 0) is 6.20 Å². The molecule has 0 aliphatic carbocycles. The van der Waals surface area contributed by atoms with Gasteiger partial charge in [-0.2, -0.15) is 0 Å². The van der Waals surface area contributed by atoms with Crippen LogP contribution < -0.4 is 11.5 Å². The fourth-order valence-electron chi connectivity index (χ4n) is 0.585. The Balaban J connectivity index is 0.00000121. The smallest absolute Gasteiger partial charge is 0.251 e. The summed E-state index contributed by atoms with van der Waals surface area (Å²) in [5.41, 5.74) is 17.1. The van der Waals surface area contributed by atoms with E-state index in [0.717, 1.165) is 6.20 Å². The Bertz CT molecular complexity index is 302. The molecule has 1 aromatic heterocycles. The van der Waals surface area contributed by atoms with Gasteiger partial charge < -0.3 is 27.2 Å². The average Bonchev–Trinajstić information content (AvgIpc) is 1.85. The van der Waals surface area contributed by atoms with E-state index in [1.165, 1.54) is 0 Å². The predicted molar refractivity (Wildman–Crippen MR) is 38.9 cm³/mol. The summed E-state index contributed by atoms with van der Waals surface area (Å²) in [7, 11) is 0. The molecule has 12 heavy (non-hydrogen) atoms. The molecule has 61 valence electrons. The fourth-order valence-corrected chi connectivity index (χ4v) is 0.585. The number of aromatic nitrogens is 2. The number of primary amides is 1. The van der Waals surface area contributed by atoms with Crippen molar-refractivity contribution in [1.82, 2.24) is 9.97 Å². The molecule has 0 aromatic carbocycles. The van der Waals surface area contributed by atoms with Crippen molar-refractivity contribution < 1.29 is 37.5 Å². The molecule has 0 aliphatic rings. The molecular weight excluding hydrogens is 235 g/mol. The molecule has 6 nitrogen and oxygen atoms in total. The largest absolute Gasteiger partial charge is 0.410 e. The molecule has 0 unspecified atom stereocenters. The number of carbonyl (C=O) groups is 1. The molecule has 0 atom stereocenters. The van der Waals surface area contributed by atoms with Crippen LogP contribution in [0.1, 0.15) is 10.4 Å². The standard InChI is InChI=1S/C5H7N5O.Y/c6-3-2(4(7)11)1-9-5(8)10-3;/h1H,(H6,6,7,8,9,10,11);/p-1. The normalized spacial score (nSPS) is 8.67. The van der Waals surface area contributed by atoms with Crippen LogP contribution in [0, 0.1) is 0 Å². The predicted octanol–water partition coefficient (Wildman–Crippen LogP) is -0.161. The second-order valence-corrected chi connectivity index (χ2v) is 1.86. The Labute approximate surface area is 93.8 Å². The van der Waals surface area contributed by atoms with E-state index < -0.39 is 5.91 Å². The van der Waals surface area contributed by atoms with Gasteiger partial charge in [0.1, 0.15) is 0 Å². The molecule has 1 rings (SSSR count). The zero-order chi connectivity index (χ0) is 8.43. The van der Waals surface area contributed by atoms with Gasteiger partial charge in [0.25, 0.3) is 5.91 Å². The van der Waals surface area contributed by atoms with Crippen LogP contribution in [0.3, 0.4) is 0 Å². The van der Waals surface area contributed by atoms with Gasteiger partial charge in [-0.3, -0.25) is 4.79 Å². The number of anilines is 1. The van der Waals surface area contributed by atoms with Crippen LogP contribution in [0.2, 0.25) is 0 Å². The third kappa shape index (κ3) is 2.39. The Morgan fingerprint density at radius 2 is 2.17 bits per heavy atom. The number of nitrogens with zero attached hydrogens (tertiary/aromatic N) is 2. The minimum atomic E-state index is -0.692. The number of carbonyl (C=O) groups excluding carboxylic acids is 1. The molecule has 0 spiro atoms. The number of nitrogens with one attached hydrogen (secondary N) is 1. The molecule has 1 aromatic rings. The summed E-state index contributed by atoms with van der Waals surface area (Å²) in [6.45, 7) is 0. The first-order valence-corrected chi connectivity index (χ1v) is 2.75. The van der Waals surface area contributed by atoms with E-state index in [2.05, 4.69) is 9.97 Å². The number of amides is 1. The van der Waals surface area contributed by atoms with Crippen molar-refractivity contribution >= 4 is 17.7 Å². The van der Waals surface area contributed by atoms with Gasteiger partial charge in [0.05, 0.1) is 11.4 Å². The summed E-state index contributed by atoms with van der Waals surface area (Å²) < 4.78 is 0. The van der Waals surface area contributed by atoms with Crippen LogP contribution in [0.5, 0.6) is 0 Å². The minimum Gasteiger partial charge on any atom is -0.410 e. The first-order chi connectivity index (χ1) is 5.11. The molecule has 0 fully saturated rings. The van der Waals surface area contributed by atoms with Crippen LogP contribution in [0.25, 0.3) is 5.73 Å². The van der Waals surface area contributed by atoms with E-state index in [-0.39, 0.29) is 50.0 Å². The molecule has 0 saturated heterocycles. The summed E-state index contributed by atoms with van der Waals surface area (Å²) in [6.07, 6.45) is 1.13. The Morgan fingerprint density at radius 1 is 1.58 bits per heavy atom. The van der Waals surface area contributed by atoms with Crippen molar-refractivity contribution in [2.24, 2.45) is 5.73 Å². The maximum absolute atomic E-state index is 10.5. The molecule has 1 heterocycles. The van der Waals surface area contributed by atoms with Crippen LogP contribution in [-0.4, -0.2) is 15.9 Å². The summed E-state index contributed by atoms with van der Waals surface area (Å²) in [5.74, 6) is -0.979. The molecule has 0 bridgehead atoms. The van der Waals surface area contributed by atoms with E-state index in [1.807, 2.05) is 0 Å². The summed E-state index contributed by atoms with van der Waals surface area (Å²) >= 11 is 0. The fraction of sp³-hybridized carbons (Fsp3) is 0. The van der Waals surface area contributed by atoms with Crippen LogP contribution >= 0.6 is 0 Å². The van der Waals surface area contributed by atoms with Gasteiger partial charge in [0, 0.05) is 38.7 Å². The minimum absolute atomic E-state index is 0. The number of hydrogen-bond acceptors (Lipinski definition) is 4. The summed E-state index contributed by atoms with van der Waals surface area (Å²) in [4.78, 5) is 17.4. The maximum Gasteiger partial charge on any atom is 0.251 e. The van der Waals surface area contributed by atoms with Gasteiger partial charge in [0.2, 0.25) is 0 Å². The van der Waals surface area contributed by atoms with Crippen molar-refractivity contribution in [3.8, 4) is 0 Å². The van der Waals surface area contributed by atoms with Crippen molar-refractivity contribution in [2.45, 2.75) is 0 Å². The average molecular weight is 241 g/mol. The van der Waals surface area contributed by atoms with Crippen molar-refractivity contribution in [1.29, 1.82) is 0 Å². The summed E-state index contributed by atoms with van der Waals surface area (Å²) in [5, 5.41) is 0. The molecule has 1 radical (unpaired) electrons. The Morgan fingerprint density at radius 3 is 2.58 bits per heavy atom. The van der Waals surface area contributed by atoms with E-state index in [9.17, 15) is 4.79 Å². The van der Waals surface area contributed by atoms with Crippen molar-refractivity contribution in [3.63, 3.8) is 0 Å². The molecule has 7 heteroatoms. The molecule has 0 aliphatic heterocycles. The maximum atomic E-state index is 10.5. The van der Waals surface area contributed by atoms with Crippen LogP contribution in [-0.2, 0) is 32.7 Å². The first kappa shape index (κ1) is 11.3. The van der Waals surface area contributed by atoms with Gasteiger partial charge in [-0.15, -0.1) is 0 Å². The molecule has 5 N–H and O–H groups in total. The number of nitrogen functional groups attached to an aromatic ring is 1. The zero-order valence-corrected chi connectivity index (χ0v) is 8.95. The monoisotopic (exact) mass is 241 g/mol. The molecular formula is C5H6N5OY-. The van der Waals surface area contributed by atoms with Crippen molar-refractivity contribution in [3.05, 3.63) is 17.5 Å². The Hall–Kier alpha value is -0.746. The van der Waals surface area contributed by atoms with Crippen molar-refractivity contribution in [2.75, 3.05) is 5.73 Å². The topological polar surface area (TPSA) is 119 Å². The van der Waals surface area contributed by atoms with E-state index in [1.54, 1.807) is 0 Å². The second-order valence-electron chi connectivity index (χ2n) is 1.86. The van der Waals surface area contributed by atoms with Crippen LogP contribution in [0.15, 0.2) is 6.20 Å². The van der Waals surface area contributed by atoms with E-state index in [0.29, 0.717) is 0 Å². The van der Waals surface area contributed by atoms with Gasteiger partial charge >= 0.3 is 0 Å². The number of rotatable bonds is 1. The Kier molecular flexibility index (Phi) is 4.05. The van der Waals surface area contributed by atoms with Gasteiger partial charge in [0.15, 0.2) is 0 Å². The number of hydrogen-bond donors (Lipinski definition) is 2. The molecule has 0 saturated carbocycles. The summed E-state index contributed by atoms with van der Waals surface area (Å²) in [6, 6.07) is 0. The third-order valence-corrected chi connectivity index (χ3v) is 1.08. The second kappa shape index (κ2) is 4.32. The zero-order valence-electron chi connectivity index (χ0n) is 6.11. The SMILES string of the molecule is [NH-]c1ncc(C(N)=O)c(N)n1.[Y]. The van der Waals surface area contributed by atoms with E-state index >= 15 is 0 Å². The third-order valence-electron chi connectivity index (χ3n) is 1.08. The van der Waals surface area contributed by atoms with E-state index in [4.69, 9.17) is 17.2 Å². The van der Waals surface area contributed by atoms with Gasteiger partial charge in [-0.1, -0.05) is 0 Å². The first-order valence-electron chi connectivity index (χ1n) is 2.75. The van der Waals surface area contributed by atoms with Crippen LogP contribution in [0.4, 0.5) is 11.8 Å².